The van der Waals surface area contributed by atoms with Crippen LogP contribution in [-0.4, -0.2) is 4.57 Å². The molecular weight excluding hydrogens is 324 g/mol. The average molecular weight is 341 g/mol. The van der Waals surface area contributed by atoms with Crippen LogP contribution in [-0.2, 0) is 13.1 Å². The van der Waals surface area contributed by atoms with E-state index in [9.17, 15) is 0 Å². The molecule has 0 spiro atoms. The van der Waals surface area contributed by atoms with Crippen molar-refractivity contribution in [3.8, 4) is 0 Å². The summed E-state index contributed by atoms with van der Waals surface area (Å²) in [6.07, 6.45) is 0. The Balaban J connectivity index is 1.74. The van der Waals surface area contributed by atoms with Gasteiger partial charge < -0.3 is 9.88 Å². The van der Waals surface area contributed by atoms with E-state index in [-0.39, 0.29) is 0 Å². The Kier molecular flexibility index (Phi) is 3.76. The fourth-order valence-electron chi connectivity index (χ4n) is 3.14. The summed E-state index contributed by atoms with van der Waals surface area (Å²) in [6.45, 7) is 3.97. The van der Waals surface area contributed by atoms with Crippen molar-refractivity contribution in [1.29, 1.82) is 0 Å². The van der Waals surface area contributed by atoms with Crippen molar-refractivity contribution in [2.45, 2.75) is 20.0 Å². The molecular formula is C19H17ClN2S. The molecule has 0 bridgehead atoms. The fourth-order valence-corrected chi connectivity index (χ4v) is 4.17. The van der Waals surface area contributed by atoms with Gasteiger partial charge >= 0.3 is 0 Å². The Morgan fingerprint density at radius 3 is 2.61 bits per heavy atom. The summed E-state index contributed by atoms with van der Waals surface area (Å²) in [5, 5.41) is 6.12. The van der Waals surface area contributed by atoms with Gasteiger partial charge in [0, 0.05) is 45.5 Å². The number of thiophene rings is 1. The molecule has 1 N–H and O–H groups in total. The first kappa shape index (κ1) is 14.6. The quantitative estimate of drug-likeness (QED) is 0.472. The maximum Gasteiger partial charge on any atom is 0.0931 e. The molecule has 2 aromatic carbocycles. The number of halogens is 1. The second-order valence-electron chi connectivity index (χ2n) is 5.55. The molecule has 4 aromatic rings. The van der Waals surface area contributed by atoms with Crippen molar-refractivity contribution in [1.82, 2.24) is 4.57 Å². The Morgan fingerprint density at radius 1 is 1.00 bits per heavy atom. The average Bonchev–Trinajstić information content (AvgIpc) is 3.13. The molecule has 23 heavy (non-hydrogen) atoms. The number of aryl methyl sites for hydroxylation is 1. The maximum atomic E-state index is 5.99. The third-order valence-electron chi connectivity index (χ3n) is 4.18. The molecule has 0 fully saturated rings. The minimum Gasteiger partial charge on any atom is -0.380 e. The van der Waals surface area contributed by atoms with Crippen molar-refractivity contribution in [2.24, 2.45) is 0 Å². The fraction of sp³-hybridized carbons (Fsp3) is 0.158. The number of nitrogens with zero attached hydrogens (tertiary/aromatic N) is 1. The van der Waals surface area contributed by atoms with E-state index in [0.29, 0.717) is 0 Å². The van der Waals surface area contributed by atoms with Crippen LogP contribution in [0.5, 0.6) is 0 Å². The summed E-state index contributed by atoms with van der Waals surface area (Å²) >= 11 is 7.61. The van der Waals surface area contributed by atoms with Gasteiger partial charge in [0.1, 0.15) is 0 Å². The van der Waals surface area contributed by atoms with Gasteiger partial charge in [-0.3, -0.25) is 0 Å². The third kappa shape index (κ3) is 2.60. The highest BCUT2D eigenvalue weighted by Gasteiger charge is 2.09. The first-order chi connectivity index (χ1) is 11.3. The summed E-state index contributed by atoms with van der Waals surface area (Å²) < 4.78 is 3.20. The molecule has 0 radical (unpaired) electrons. The molecule has 0 saturated carbocycles. The molecule has 4 heteroatoms. The summed E-state index contributed by atoms with van der Waals surface area (Å²) in [5.74, 6) is 0. The second kappa shape index (κ2) is 5.91. The maximum absolute atomic E-state index is 5.99. The molecule has 2 heterocycles. The van der Waals surface area contributed by atoms with Gasteiger partial charge in [-0.05, 0) is 43.3 Å². The molecule has 0 atom stereocenters. The predicted molar refractivity (Wildman–Crippen MR) is 102 cm³/mol. The van der Waals surface area contributed by atoms with Gasteiger partial charge in [0.25, 0.3) is 0 Å². The van der Waals surface area contributed by atoms with Crippen LogP contribution in [0, 0.1) is 0 Å². The van der Waals surface area contributed by atoms with Crippen molar-refractivity contribution >= 4 is 50.4 Å². The van der Waals surface area contributed by atoms with Gasteiger partial charge in [-0.2, -0.15) is 0 Å². The number of nitrogens with one attached hydrogen (secondary N) is 1. The third-order valence-corrected chi connectivity index (χ3v) is 5.42. The summed E-state index contributed by atoms with van der Waals surface area (Å²) in [4.78, 5) is 1.24. The SMILES string of the molecule is CCn1c2ccccc2c2cc(NCc3ccc(Cl)s3)ccc21. The molecule has 0 aliphatic heterocycles. The van der Waals surface area contributed by atoms with Crippen LogP contribution in [0.2, 0.25) is 4.34 Å². The molecule has 0 amide bonds. The van der Waals surface area contributed by atoms with Crippen molar-refractivity contribution < 1.29 is 0 Å². The number of rotatable bonds is 4. The topological polar surface area (TPSA) is 17.0 Å². The summed E-state index contributed by atoms with van der Waals surface area (Å²) in [6, 6.07) is 19.2. The molecule has 2 aromatic heterocycles. The Morgan fingerprint density at radius 2 is 1.83 bits per heavy atom. The van der Waals surface area contributed by atoms with Crippen LogP contribution in [0.25, 0.3) is 21.8 Å². The zero-order chi connectivity index (χ0) is 15.8. The van der Waals surface area contributed by atoms with E-state index in [1.54, 1.807) is 11.3 Å². The predicted octanol–water partition coefficient (Wildman–Crippen LogP) is 6.14. The Hall–Kier alpha value is -1.97. The van der Waals surface area contributed by atoms with E-state index in [4.69, 9.17) is 11.6 Å². The zero-order valence-electron chi connectivity index (χ0n) is 12.8. The van der Waals surface area contributed by atoms with Gasteiger partial charge in [0.15, 0.2) is 0 Å². The number of hydrogen-bond donors (Lipinski definition) is 1. The van der Waals surface area contributed by atoms with Gasteiger partial charge in [-0.1, -0.05) is 29.8 Å². The summed E-state index contributed by atoms with van der Waals surface area (Å²) in [5.41, 5.74) is 3.73. The van der Waals surface area contributed by atoms with Crippen LogP contribution in [0.15, 0.2) is 54.6 Å². The monoisotopic (exact) mass is 340 g/mol. The number of aromatic nitrogens is 1. The number of benzene rings is 2. The van der Waals surface area contributed by atoms with Crippen LogP contribution < -0.4 is 5.32 Å². The van der Waals surface area contributed by atoms with Gasteiger partial charge in [0.05, 0.1) is 4.34 Å². The van der Waals surface area contributed by atoms with Crippen LogP contribution in [0.1, 0.15) is 11.8 Å². The minimum absolute atomic E-state index is 0.801. The summed E-state index contributed by atoms with van der Waals surface area (Å²) in [7, 11) is 0. The van der Waals surface area contributed by atoms with E-state index in [1.807, 2.05) is 6.07 Å². The second-order valence-corrected chi connectivity index (χ2v) is 7.35. The van der Waals surface area contributed by atoms with Crippen molar-refractivity contribution in [3.05, 3.63) is 63.8 Å². The standard InChI is InChI=1S/C19H17ClN2S/c1-2-22-17-6-4-3-5-15(17)16-11-13(7-9-18(16)22)21-12-14-8-10-19(20)23-14/h3-11,21H,2,12H2,1H3. The van der Waals surface area contributed by atoms with E-state index < -0.39 is 0 Å². The minimum atomic E-state index is 0.801. The highest BCUT2D eigenvalue weighted by Crippen LogP contribution is 2.31. The van der Waals surface area contributed by atoms with Crippen LogP contribution in [0.3, 0.4) is 0 Å². The van der Waals surface area contributed by atoms with Crippen molar-refractivity contribution in [2.75, 3.05) is 5.32 Å². The lowest BCUT2D eigenvalue weighted by Gasteiger charge is -2.06. The molecule has 0 aliphatic carbocycles. The number of anilines is 1. The Labute approximate surface area is 144 Å². The van der Waals surface area contributed by atoms with E-state index in [2.05, 4.69) is 65.3 Å². The van der Waals surface area contributed by atoms with Gasteiger partial charge in [-0.25, -0.2) is 0 Å². The lowest BCUT2D eigenvalue weighted by atomic mass is 10.1. The highest BCUT2D eigenvalue weighted by molar-refractivity contribution is 7.16. The molecule has 0 aliphatic rings. The largest absolute Gasteiger partial charge is 0.380 e. The number of hydrogen-bond acceptors (Lipinski definition) is 2. The Bertz CT molecular complexity index is 984. The van der Waals surface area contributed by atoms with E-state index >= 15 is 0 Å². The van der Waals surface area contributed by atoms with Crippen LogP contribution >= 0.6 is 22.9 Å². The molecule has 4 rings (SSSR count). The van der Waals surface area contributed by atoms with Gasteiger partial charge in [0.2, 0.25) is 0 Å². The molecule has 116 valence electrons. The smallest absolute Gasteiger partial charge is 0.0931 e. The highest BCUT2D eigenvalue weighted by atomic mass is 35.5. The molecule has 2 nitrogen and oxygen atoms in total. The van der Waals surface area contributed by atoms with Crippen LogP contribution in [0.4, 0.5) is 5.69 Å². The first-order valence-corrected chi connectivity index (χ1v) is 8.95. The van der Waals surface area contributed by atoms with E-state index in [0.717, 1.165) is 23.1 Å². The molecule has 0 unspecified atom stereocenters. The molecule has 0 saturated heterocycles. The lowest BCUT2D eigenvalue weighted by Crippen LogP contribution is -1.97. The zero-order valence-corrected chi connectivity index (χ0v) is 14.4. The van der Waals surface area contributed by atoms with E-state index in [1.165, 1.54) is 26.7 Å². The first-order valence-electron chi connectivity index (χ1n) is 7.75. The van der Waals surface area contributed by atoms with Gasteiger partial charge in [-0.15, -0.1) is 11.3 Å². The number of para-hydroxylation sites is 1. The lowest BCUT2D eigenvalue weighted by molar-refractivity contribution is 0.827. The number of fused-ring (bicyclic) bond motifs is 3. The van der Waals surface area contributed by atoms with Crippen molar-refractivity contribution in [3.63, 3.8) is 0 Å². The normalized spacial score (nSPS) is 11.4.